The standard InChI is InChI=1S/C15H23FN2O/c1-11(2)15-13(16)8-12(9-14(15)19-3)10-18-6-4-17-5-7-18/h8-9,11,17H,4-7,10H2,1-3H3. The Morgan fingerprint density at radius 3 is 2.58 bits per heavy atom. The van der Waals surface area contributed by atoms with Crippen LogP contribution in [0.1, 0.15) is 30.9 Å². The lowest BCUT2D eigenvalue weighted by Gasteiger charge is -2.27. The molecule has 0 unspecified atom stereocenters. The molecular weight excluding hydrogens is 243 g/mol. The number of piperazine rings is 1. The van der Waals surface area contributed by atoms with Gasteiger partial charge in [-0.1, -0.05) is 13.8 Å². The Balaban J connectivity index is 2.19. The van der Waals surface area contributed by atoms with E-state index in [4.69, 9.17) is 4.74 Å². The van der Waals surface area contributed by atoms with E-state index in [2.05, 4.69) is 10.2 Å². The molecule has 0 saturated carbocycles. The highest BCUT2D eigenvalue weighted by Crippen LogP contribution is 2.30. The molecule has 19 heavy (non-hydrogen) atoms. The van der Waals surface area contributed by atoms with Gasteiger partial charge in [-0.2, -0.15) is 0 Å². The molecule has 1 N–H and O–H groups in total. The van der Waals surface area contributed by atoms with Crippen molar-refractivity contribution >= 4 is 0 Å². The second-order valence-electron chi connectivity index (χ2n) is 5.37. The van der Waals surface area contributed by atoms with Gasteiger partial charge in [-0.25, -0.2) is 4.39 Å². The Kier molecular flexibility index (Phi) is 4.77. The molecule has 1 aliphatic rings. The van der Waals surface area contributed by atoms with Gasteiger partial charge in [0.1, 0.15) is 11.6 Å². The van der Waals surface area contributed by atoms with E-state index in [0.717, 1.165) is 38.3 Å². The van der Waals surface area contributed by atoms with Crippen molar-refractivity contribution in [2.75, 3.05) is 33.3 Å². The van der Waals surface area contributed by atoms with Crippen LogP contribution in [0.25, 0.3) is 0 Å². The largest absolute Gasteiger partial charge is 0.496 e. The molecule has 2 rings (SSSR count). The Morgan fingerprint density at radius 2 is 2.00 bits per heavy atom. The van der Waals surface area contributed by atoms with Crippen LogP contribution in [0.3, 0.4) is 0 Å². The third-order valence-corrected chi connectivity index (χ3v) is 3.56. The van der Waals surface area contributed by atoms with Crippen molar-refractivity contribution in [2.24, 2.45) is 0 Å². The van der Waals surface area contributed by atoms with Crippen molar-refractivity contribution in [3.63, 3.8) is 0 Å². The quantitative estimate of drug-likeness (QED) is 0.905. The van der Waals surface area contributed by atoms with E-state index in [1.54, 1.807) is 13.2 Å². The molecular formula is C15H23FN2O. The highest BCUT2D eigenvalue weighted by molar-refractivity contribution is 5.40. The number of methoxy groups -OCH3 is 1. The van der Waals surface area contributed by atoms with Crippen molar-refractivity contribution in [1.29, 1.82) is 0 Å². The SMILES string of the molecule is COc1cc(CN2CCNCC2)cc(F)c1C(C)C. The van der Waals surface area contributed by atoms with Gasteiger partial charge in [0.15, 0.2) is 0 Å². The molecule has 3 nitrogen and oxygen atoms in total. The highest BCUT2D eigenvalue weighted by atomic mass is 19.1. The predicted octanol–water partition coefficient (Wildman–Crippen LogP) is 2.36. The number of hydrogen-bond acceptors (Lipinski definition) is 3. The van der Waals surface area contributed by atoms with Gasteiger partial charge in [-0.15, -0.1) is 0 Å². The van der Waals surface area contributed by atoms with Crippen LogP contribution in [0.2, 0.25) is 0 Å². The molecule has 0 amide bonds. The zero-order valence-corrected chi connectivity index (χ0v) is 12.0. The number of benzene rings is 1. The van der Waals surface area contributed by atoms with Gasteiger partial charge in [-0.3, -0.25) is 4.90 Å². The second kappa shape index (κ2) is 6.35. The molecule has 1 saturated heterocycles. The maximum atomic E-state index is 14.2. The van der Waals surface area contributed by atoms with E-state index < -0.39 is 0 Å². The third-order valence-electron chi connectivity index (χ3n) is 3.56. The Bertz CT molecular complexity index is 428. The number of nitrogens with one attached hydrogen (secondary N) is 1. The summed E-state index contributed by atoms with van der Waals surface area (Å²) in [6, 6.07) is 3.63. The summed E-state index contributed by atoms with van der Waals surface area (Å²) in [6.07, 6.45) is 0. The van der Waals surface area contributed by atoms with Gasteiger partial charge in [-0.05, 0) is 23.6 Å². The van der Waals surface area contributed by atoms with Gasteiger partial charge < -0.3 is 10.1 Å². The van der Waals surface area contributed by atoms with Gasteiger partial charge in [0.25, 0.3) is 0 Å². The number of nitrogens with zero attached hydrogens (tertiary/aromatic N) is 1. The van der Waals surface area contributed by atoms with Crippen LogP contribution >= 0.6 is 0 Å². The zero-order chi connectivity index (χ0) is 13.8. The van der Waals surface area contributed by atoms with Gasteiger partial charge in [0.05, 0.1) is 7.11 Å². The van der Waals surface area contributed by atoms with E-state index >= 15 is 0 Å². The van der Waals surface area contributed by atoms with Crippen LogP contribution in [0.4, 0.5) is 4.39 Å². The minimum Gasteiger partial charge on any atom is -0.496 e. The first-order valence-electron chi connectivity index (χ1n) is 6.91. The smallest absolute Gasteiger partial charge is 0.130 e. The van der Waals surface area contributed by atoms with Crippen molar-refractivity contribution in [3.05, 3.63) is 29.1 Å². The van der Waals surface area contributed by atoms with E-state index in [1.807, 2.05) is 19.9 Å². The van der Waals surface area contributed by atoms with E-state index in [9.17, 15) is 4.39 Å². The Morgan fingerprint density at radius 1 is 1.32 bits per heavy atom. The molecule has 0 radical (unpaired) electrons. The maximum absolute atomic E-state index is 14.2. The summed E-state index contributed by atoms with van der Waals surface area (Å²) >= 11 is 0. The van der Waals surface area contributed by atoms with E-state index in [-0.39, 0.29) is 11.7 Å². The second-order valence-corrected chi connectivity index (χ2v) is 5.37. The summed E-state index contributed by atoms with van der Waals surface area (Å²) in [5.74, 6) is 0.641. The van der Waals surface area contributed by atoms with Crippen LogP contribution in [-0.4, -0.2) is 38.2 Å². The van der Waals surface area contributed by atoms with Crippen LogP contribution in [-0.2, 0) is 6.54 Å². The van der Waals surface area contributed by atoms with Crippen molar-refractivity contribution < 1.29 is 9.13 Å². The summed E-state index contributed by atoms with van der Waals surface area (Å²) in [7, 11) is 1.61. The van der Waals surface area contributed by atoms with E-state index in [0.29, 0.717) is 11.3 Å². The minimum absolute atomic E-state index is 0.128. The number of rotatable bonds is 4. The third kappa shape index (κ3) is 3.45. The molecule has 0 bridgehead atoms. The fraction of sp³-hybridized carbons (Fsp3) is 0.600. The summed E-state index contributed by atoms with van der Waals surface area (Å²) in [6.45, 7) is 8.78. The number of hydrogen-bond donors (Lipinski definition) is 1. The number of halogens is 1. The van der Waals surface area contributed by atoms with Crippen molar-refractivity contribution in [2.45, 2.75) is 26.3 Å². The molecule has 1 heterocycles. The summed E-state index contributed by atoms with van der Waals surface area (Å²) in [5, 5.41) is 3.32. The van der Waals surface area contributed by atoms with Crippen molar-refractivity contribution in [1.82, 2.24) is 10.2 Å². The summed E-state index contributed by atoms with van der Waals surface area (Å²) < 4.78 is 19.5. The fourth-order valence-corrected chi connectivity index (χ4v) is 2.59. The molecule has 0 spiro atoms. The molecule has 1 aliphatic heterocycles. The summed E-state index contributed by atoms with van der Waals surface area (Å²) in [5.41, 5.74) is 1.66. The monoisotopic (exact) mass is 266 g/mol. The molecule has 0 atom stereocenters. The lowest BCUT2D eigenvalue weighted by Crippen LogP contribution is -2.42. The average molecular weight is 266 g/mol. The Labute approximate surface area is 114 Å². The van der Waals surface area contributed by atoms with Gasteiger partial charge >= 0.3 is 0 Å². The highest BCUT2D eigenvalue weighted by Gasteiger charge is 2.17. The molecule has 106 valence electrons. The van der Waals surface area contributed by atoms with Crippen LogP contribution in [0.5, 0.6) is 5.75 Å². The molecule has 4 heteroatoms. The first-order valence-corrected chi connectivity index (χ1v) is 6.91. The van der Waals surface area contributed by atoms with Crippen LogP contribution < -0.4 is 10.1 Å². The Hall–Kier alpha value is -1.13. The topological polar surface area (TPSA) is 24.5 Å². The first-order chi connectivity index (χ1) is 9.11. The van der Waals surface area contributed by atoms with Crippen LogP contribution in [0.15, 0.2) is 12.1 Å². The number of ether oxygens (including phenoxy) is 1. The molecule has 0 aromatic heterocycles. The lowest BCUT2D eigenvalue weighted by atomic mass is 9.99. The van der Waals surface area contributed by atoms with Crippen molar-refractivity contribution in [3.8, 4) is 5.75 Å². The van der Waals surface area contributed by atoms with Crippen LogP contribution in [0, 0.1) is 5.82 Å². The molecule has 1 aromatic carbocycles. The molecule has 1 fully saturated rings. The fourth-order valence-electron chi connectivity index (χ4n) is 2.59. The van der Waals surface area contributed by atoms with Gasteiger partial charge in [0, 0.05) is 38.3 Å². The predicted molar refractivity (Wildman–Crippen MR) is 75.2 cm³/mol. The minimum atomic E-state index is -0.153. The first kappa shape index (κ1) is 14.3. The molecule has 1 aromatic rings. The molecule has 0 aliphatic carbocycles. The summed E-state index contributed by atoms with van der Waals surface area (Å²) in [4.78, 5) is 2.33. The lowest BCUT2D eigenvalue weighted by molar-refractivity contribution is 0.232. The normalized spacial score (nSPS) is 16.9. The average Bonchev–Trinajstić information content (AvgIpc) is 2.38. The van der Waals surface area contributed by atoms with E-state index in [1.165, 1.54) is 0 Å². The maximum Gasteiger partial charge on any atom is 0.130 e. The zero-order valence-electron chi connectivity index (χ0n) is 12.0. The van der Waals surface area contributed by atoms with Gasteiger partial charge in [0.2, 0.25) is 0 Å².